The number of hydrogen-bond acceptors (Lipinski definition) is 4. The molecule has 0 spiro atoms. The fraction of sp³-hybridized carbons (Fsp3) is 0.381. The van der Waals surface area contributed by atoms with Gasteiger partial charge in [-0.1, -0.05) is 18.2 Å². The van der Waals surface area contributed by atoms with E-state index in [1.165, 1.54) is 0 Å². The van der Waals surface area contributed by atoms with Crippen molar-refractivity contribution in [2.45, 2.75) is 13.0 Å². The van der Waals surface area contributed by atoms with Gasteiger partial charge < -0.3 is 24.5 Å². The van der Waals surface area contributed by atoms with E-state index in [-0.39, 0.29) is 11.4 Å². The van der Waals surface area contributed by atoms with Gasteiger partial charge in [0.2, 0.25) is 0 Å². The van der Waals surface area contributed by atoms with Crippen LogP contribution in [0.1, 0.15) is 12.0 Å². The van der Waals surface area contributed by atoms with Gasteiger partial charge in [-0.15, -0.1) is 0 Å². The lowest BCUT2D eigenvalue weighted by Gasteiger charge is -2.23. The van der Waals surface area contributed by atoms with E-state index < -0.39 is 0 Å². The SMILES string of the molecule is O=c1oc2c(C[NH2+]CCC[NH+]3CCOCC3)c(O)ccc2c2ccccc12. The molecule has 0 amide bonds. The number of phenolic OH excluding ortho intramolecular Hbond substituents is 1. The largest absolute Gasteiger partial charge is 0.507 e. The summed E-state index contributed by atoms with van der Waals surface area (Å²) in [6.07, 6.45) is 1.10. The van der Waals surface area contributed by atoms with Gasteiger partial charge in [0.1, 0.15) is 25.4 Å². The Balaban J connectivity index is 1.49. The molecule has 4 rings (SSSR count). The zero-order valence-electron chi connectivity index (χ0n) is 15.4. The first kappa shape index (κ1) is 18.0. The molecule has 3 aromatic rings. The normalized spacial score (nSPS) is 15.6. The zero-order valence-corrected chi connectivity index (χ0v) is 15.4. The van der Waals surface area contributed by atoms with Crippen molar-refractivity contribution in [1.29, 1.82) is 0 Å². The molecule has 0 radical (unpaired) electrons. The molecule has 142 valence electrons. The van der Waals surface area contributed by atoms with E-state index in [1.54, 1.807) is 17.0 Å². The molecule has 0 bridgehead atoms. The molecule has 0 aliphatic carbocycles. The van der Waals surface area contributed by atoms with Gasteiger partial charge in [0.25, 0.3) is 0 Å². The van der Waals surface area contributed by atoms with Crippen LogP contribution in [0.25, 0.3) is 21.7 Å². The van der Waals surface area contributed by atoms with E-state index in [0.717, 1.165) is 56.6 Å². The van der Waals surface area contributed by atoms with Gasteiger partial charge in [-0.2, -0.15) is 0 Å². The summed E-state index contributed by atoms with van der Waals surface area (Å²) in [6, 6.07) is 10.9. The van der Waals surface area contributed by atoms with Gasteiger partial charge in [0.15, 0.2) is 5.58 Å². The number of morpholine rings is 1. The highest BCUT2D eigenvalue weighted by Gasteiger charge is 2.16. The number of nitrogens with one attached hydrogen (secondary N) is 1. The van der Waals surface area contributed by atoms with Crippen molar-refractivity contribution < 1.29 is 24.5 Å². The van der Waals surface area contributed by atoms with Gasteiger partial charge in [-0.3, -0.25) is 0 Å². The van der Waals surface area contributed by atoms with Crippen molar-refractivity contribution in [3.63, 3.8) is 0 Å². The van der Waals surface area contributed by atoms with Crippen LogP contribution >= 0.6 is 0 Å². The Morgan fingerprint density at radius 2 is 1.81 bits per heavy atom. The number of phenols is 1. The van der Waals surface area contributed by atoms with Crippen LogP contribution in [0.3, 0.4) is 0 Å². The average Bonchev–Trinajstić information content (AvgIpc) is 2.70. The van der Waals surface area contributed by atoms with Crippen molar-refractivity contribution in [2.75, 3.05) is 39.4 Å². The van der Waals surface area contributed by atoms with Crippen molar-refractivity contribution in [3.8, 4) is 5.75 Å². The van der Waals surface area contributed by atoms with Gasteiger partial charge in [-0.25, -0.2) is 4.79 Å². The first-order chi connectivity index (χ1) is 13.2. The van der Waals surface area contributed by atoms with Gasteiger partial charge in [0.05, 0.1) is 37.3 Å². The fourth-order valence-electron chi connectivity index (χ4n) is 3.84. The van der Waals surface area contributed by atoms with Crippen LogP contribution in [0, 0.1) is 0 Å². The second-order valence-corrected chi connectivity index (χ2v) is 7.12. The molecule has 2 heterocycles. The van der Waals surface area contributed by atoms with Crippen LogP contribution in [0.4, 0.5) is 0 Å². The standard InChI is InChI=1S/C21H24N2O4/c24-19-7-6-16-15-4-1-2-5-17(15)21(25)27-20(16)18(19)14-22-8-3-9-23-10-12-26-13-11-23/h1-2,4-7,22,24H,3,8-14H2/p+2. The number of ether oxygens (including phenoxy) is 1. The minimum atomic E-state index is -0.360. The van der Waals surface area contributed by atoms with Crippen molar-refractivity contribution >= 4 is 21.7 Å². The highest BCUT2D eigenvalue weighted by molar-refractivity contribution is 6.05. The van der Waals surface area contributed by atoms with Crippen LogP contribution in [0.15, 0.2) is 45.6 Å². The minimum Gasteiger partial charge on any atom is -0.507 e. The molecule has 1 aliphatic heterocycles. The first-order valence-electron chi connectivity index (χ1n) is 9.63. The lowest BCUT2D eigenvalue weighted by Crippen LogP contribution is -3.14. The summed E-state index contributed by atoms with van der Waals surface area (Å²) in [5.74, 6) is 0.177. The summed E-state index contributed by atoms with van der Waals surface area (Å²) >= 11 is 0. The molecular formula is C21H26N2O4+2. The molecule has 1 aliphatic rings. The van der Waals surface area contributed by atoms with Gasteiger partial charge in [0, 0.05) is 11.8 Å². The van der Waals surface area contributed by atoms with E-state index in [4.69, 9.17) is 9.15 Å². The number of rotatable bonds is 6. The maximum Gasteiger partial charge on any atom is 0.344 e. The molecule has 0 unspecified atom stereocenters. The van der Waals surface area contributed by atoms with Crippen LogP contribution in [-0.2, 0) is 11.3 Å². The minimum absolute atomic E-state index is 0.177. The Hall–Kier alpha value is -2.41. The maximum absolute atomic E-state index is 12.3. The van der Waals surface area contributed by atoms with Crippen molar-refractivity contribution in [1.82, 2.24) is 0 Å². The number of quaternary nitrogens is 2. The fourth-order valence-corrected chi connectivity index (χ4v) is 3.84. The molecule has 6 heteroatoms. The topological polar surface area (TPSA) is 80.7 Å². The second-order valence-electron chi connectivity index (χ2n) is 7.12. The van der Waals surface area contributed by atoms with Crippen LogP contribution in [-0.4, -0.2) is 44.5 Å². The van der Waals surface area contributed by atoms with E-state index >= 15 is 0 Å². The molecule has 27 heavy (non-hydrogen) atoms. The molecule has 6 nitrogen and oxygen atoms in total. The Morgan fingerprint density at radius 3 is 2.63 bits per heavy atom. The number of hydrogen-bond donors (Lipinski definition) is 3. The molecule has 0 saturated carbocycles. The number of fused-ring (bicyclic) bond motifs is 3. The van der Waals surface area contributed by atoms with Crippen molar-refractivity contribution in [3.05, 3.63) is 52.4 Å². The van der Waals surface area contributed by atoms with Gasteiger partial charge >= 0.3 is 5.63 Å². The third-order valence-electron chi connectivity index (χ3n) is 5.35. The van der Waals surface area contributed by atoms with Crippen LogP contribution in [0.2, 0.25) is 0 Å². The highest BCUT2D eigenvalue weighted by atomic mass is 16.5. The summed E-state index contributed by atoms with van der Waals surface area (Å²) in [5, 5.41) is 14.8. The van der Waals surface area contributed by atoms with Gasteiger partial charge in [-0.05, 0) is 23.6 Å². The predicted octanol–water partition coefficient (Wildman–Crippen LogP) is 0.0204. The third kappa shape index (κ3) is 3.83. The van der Waals surface area contributed by atoms with Crippen LogP contribution < -0.4 is 15.8 Å². The Morgan fingerprint density at radius 1 is 1.04 bits per heavy atom. The predicted molar refractivity (Wildman–Crippen MR) is 103 cm³/mol. The van der Waals surface area contributed by atoms with E-state index in [1.807, 2.05) is 24.3 Å². The molecule has 1 saturated heterocycles. The molecule has 0 atom stereocenters. The lowest BCUT2D eigenvalue weighted by molar-refractivity contribution is -0.909. The summed E-state index contributed by atoms with van der Waals surface area (Å²) < 4.78 is 11.0. The quantitative estimate of drug-likeness (QED) is 0.325. The smallest absolute Gasteiger partial charge is 0.344 e. The molecule has 1 fully saturated rings. The van der Waals surface area contributed by atoms with Crippen LogP contribution in [0.5, 0.6) is 5.75 Å². The number of aromatic hydroxyl groups is 1. The van der Waals surface area contributed by atoms with E-state index in [2.05, 4.69) is 5.32 Å². The number of nitrogens with two attached hydrogens (primary N) is 1. The molecule has 2 aromatic carbocycles. The first-order valence-corrected chi connectivity index (χ1v) is 9.63. The Labute approximate surface area is 157 Å². The maximum atomic E-state index is 12.3. The zero-order chi connectivity index (χ0) is 18.6. The summed E-state index contributed by atoms with van der Waals surface area (Å²) in [7, 11) is 0. The Bertz CT molecular complexity index is 993. The summed E-state index contributed by atoms with van der Waals surface area (Å²) in [6.45, 7) is 6.58. The van der Waals surface area contributed by atoms with E-state index in [0.29, 0.717) is 23.1 Å². The molecular weight excluding hydrogens is 344 g/mol. The third-order valence-corrected chi connectivity index (χ3v) is 5.35. The van der Waals surface area contributed by atoms with Crippen molar-refractivity contribution in [2.24, 2.45) is 0 Å². The molecule has 1 aromatic heterocycles. The molecule has 4 N–H and O–H groups in total. The highest BCUT2D eigenvalue weighted by Crippen LogP contribution is 2.30. The average molecular weight is 370 g/mol. The number of benzene rings is 2. The Kier molecular flexibility index (Phi) is 5.38. The second kappa shape index (κ2) is 8.08. The van der Waals surface area contributed by atoms with E-state index in [9.17, 15) is 9.90 Å². The summed E-state index contributed by atoms with van der Waals surface area (Å²) in [5.41, 5.74) is 0.823. The lowest BCUT2D eigenvalue weighted by atomic mass is 10.0. The monoisotopic (exact) mass is 370 g/mol. The summed E-state index contributed by atoms with van der Waals surface area (Å²) in [4.78, 5) is 13.9.